The molecule has 2 atom stereocenters. The zero-order valence-corrected chi connectivity index (χ0v) is 15.3. The van der Waals surface area contributed by atoms with Crippen molar-refractivity contribution in [1.29, 1.82) is 5.26 Å². The summed E-state index contributed by atoms with van der Waals surface area (Å²) in [6, 6.07) is 9.16. The fourth-order valence-corrected chi connectivity index (χ4v) is 3.40. The smallest absolute Gasteiger partial charge is 0.318 e. The Balaban J connectivity index is 2.08. The molecule has 1 aromatic carbocycles. The summed E-state index contributed by atoms with van der Waals surface area (Å²) < 4.78 is 22.1. The van der Waals surface area contributed by atoms with Crippen LogP contribution in [0.15, 0.2) is 35.7 Å². The topological polar surface area (TPSA) is 90.3 Å². The number of carbonyl (C=O) groups excluding carboxylic acids is 1. The van der Waals surface area contributed by atoms with Crippen LogP contribution in [-0.4, -0.2) is 38.7 Å². The van der Waals surface area contributed by atoms with Crippen molar-refractivity contribution in [3.05, 3.63) is 46.9 Å². The van der Waals surface area contributed by atoms with Crippen molar-refractivity contribution >= 4 is 15.9 Å². The molecule has 0 spiro atoms. The molecule has 1 aliphatic rings. The first-order valence-corrected chi connectivity index (χ1v) is 10.2. The van der Waals surface area contributed by atoms with Crippen molar-refractivity contribution in [2.24, 2.45) is 5.92 Å². The Bertz CT molecular complexity index is 779. The number of hydrogen-bond donors (Lipinski definition) is 1. The number of piperidine rings is 1. The van der Waals surface area contributed by atoms with Gasteiger partial charge in [-0.05, 0) is 36.5 Å². The van der Waals surface area contributed by atoms with Crippen molar-refractivity contribution < 1.29 is 13.2 Å². The number of urea groups is 1. The summed E-state index contributed by atoms with van der Waals surface area (Å²) in [7, 11) is -3.19. The molecule has 2 rings (SSSR count). The van der Waals surface area contributed by atoms with Crippen molar-refractivity contribution in [2.75, 3.05) is 19.3 Å². The monoisotopic (exact) mass is 361 g/mol. The van der Waals surface area contributed by atoms with Crippen LogP contribution >= 0.6 is 0 Å². The number of rotatable bonds is 4. The van der Waals surface area contributed by atoms with Gasteiger partial charge in [-0.15, -0.1) is 0 Å². The zero-order valence-electron chi connectivity index (χ0n) is 14.5. The van der Waals surface area contributed by atoms with Gasteiger partial charge >= 0.3 is 6.03 Å². The Morgan fingerprint density at radius 3 is 2.68 bits per heavy atom. The second kappa shape index (κ2) is 8.17. The highest BCUT2D eigenvalue weighted by atomic mass is 32.2. The molecule has 6 nitrogen and oxygen atoms in total. The highest BCUT2D eigenvalue weighted by Gasteiger charge is 2.30. The van der Waals surface area contributed by atoms with Crippen LogP contribution in [-0.2, 0) is 9.84 Å². The van der Waals surface area contributed by atoms with E-state index in [2.05, 4.69) is 18.3 Å². The van der Waals surface area contributed by atoms with Crippen molar-refractivity contribution in [2.45, 2.75) is 25.8 Å². The van der Waals surface area contributed by atoms with Gasteiger partial charge in [-0.25, -0.2) is 13.2 Å². The van der Waals surface area contributed by atoms with E-state index in [1.807, 2.05) is 12.1 Å². The maximum atomic E-state index is 12.5. The summed E-state index contributed by atoms with van der Waals surface area (Å²) in [5.74, 6) is 0.509. The number of amides is 2. The second-order valence-electron chi connectivity index (χ2n) is 6.46. The predicted molar refractivity (Wildman–Crippen MR) is 96.4 cm³/mol. The van der Waals surface area contributed by atoms with E-state index >= 15 is 0 Å². The van der Waals surface area contributed by atoms with Gasteiger partial charge in [0.25, 0.3) is 0 Å². The van der Waals surface area contributed by atoms with Gasteiger partial charge in [0.1, 0.15) is 0 Å². The number of likely N-dealkylation sites (tertiary alicyclic amines) is 1. The summed E-state index contributed by atoms with van der Waals surface area (Å²) in [6.45, 7) is 2.98. The first-order chi connectivity index (χ1) is 11.8. The fourth-order valence-electron chi connectivity index (χ4n) is 2.95. The highest BCUT2D eigenvalue weighted by molar-refractivity contribution is 7.93. The van der Waals surface area contributed by atoms with Gasteiger partial charge in [-0.3, -0.25) is 0 Å². The summed E-state index contributed by atoms with van der Waals surface area (Å²) in [5.41, 5.74) is 1.60. The molecule has 134 valence electrons. The highest BCUT2D eigenvalue weighted by Crippen LogP contribution is 2.34. The van der Waals surface area contributed by atoms with Crippen molar-refractivity contribution in [1.82, 2.24) is 10.2 Å². The molecule has 0 bridgehead atoms. The Morgan fingerprint density at radius 2 is 2.08 bits per heavy atom. The Kier molecular flexibility index (Phi) is 6.21. The minimum atomic E-state index is -3.19. The number of benzene rings is 1. The van der Waals surface area contributed by atoms with Gasteiger partial charge in [-0.1, -0.05) is 25.1 Å². The van der Waals surface area contributed by atoms with Crippen LogP contribution in [0.5, 0.6) is 0 Å². The van der Waals surface area contributed by atoms with Gasteiger partial charge in [-0.2, -0.15) is 5.26 Å². The lowest BCUT2D eigenvalue weighted by atomic mass is 9.88. The van der Waals surface area contributed by atoms with Crippen molar-refractivity contribution in [3.8, 4) is 6.07 Å². The van der Waals surface area contributed by atoms with Gasteiger partial charge in [0.05, 0.1) is 17.7 Å². The van der Waals surface area contributed by atoms with Gasteiger partial charge in [0.15, 0.2) is 9.84 Å². The van der Waals surface area contributed by atoms with Crippen molar-refractivity contribution in [3.63, 3.8) is 0 Å². The molecule has 1 aromatic rings. The summed E-state index contributed by atoms with van der Waals surface area (Å²) in [4.78, 5) is 14.3. The number of carbonyl (C=O) groups is 1. The lowest BCUT2D eigenvalue weighted by Gasteiger charge is -2.38. The SMILES string of the molecule is C[C@@H]1CCN(C(=O)NC/C=C/S(C)(=O)=O)[C@H](c2ccc(C#N)cc2)C1. The fraction of sp³-hybridized carbons (Fsp3) is 0.444. The van der Waals surface area contributed by atoms with E-state index in [1.165, 1.54) is 6.08 Å². The van der Waals surface area contributed by atoms with E-state index in [4.69, 9.17) is 5.26 Å². The van der Waals surface area contributed by atoms with E-state index in [1.54, 1.807) is 17.0 Å². The van der Waals surface area contributed by atoms with Gasteiger partial charge in [0, 0.05) is 24.8 Å². The molecular weight excluding hydrogens is 338 g/mol. The molecule has 1 N–H and O–H groups in total. The van der Waals surface area contributed by atoms with Crippen LogP contribution in [0.4, 0.5) is 4.79 Å². The van der Waals surface area contributed by atoms with Gasteiger partial charge < -0.3 is 10.2 Å². The Morgan fingerprint density at radius 1 is 1.40 bits per heavy atom. The molecular formula is C18H23N3O3S. The minimum absolute atomic E-state index is 0.0459. The molecule has 25 heavy (non-hydrogen) atoms. The average Bonchev–Trinajstić information content (AvgIpc) is 2.57. The van der Waals surface area contributed by atoms with E-state index in [-0.39, 0.29) is 18.6 Å². The van der Waals surface area contributed by atoms with E-state index in [9.17, 15) is 13.2 Å². The average molecular weight is 361 g/mol. The number of sulfone groups is 1. The third-order valence-corrected chi connectivity index (χ3v) is 4.95. The normalized spacial score (nSPS) is 21.1. The molecule has 1 heterocycles. The number of nitrogens with one attached hydrogen (secondary N) is 1. The van der Waals surface area contributed by atoms with Crippen LogP contribution < -0.4 is 5.32 Å². The van der Waals surface area contributed by atoms with Crippen LogP contribution in [0.2, 0.25) is 0 Å². The Hall–Kier alpha value is -2.33. The van der Waals surface area contributed by atoms with E-state index in [0.29, 0.717) is 18.0 Å². The van der Waals surface area contributed by atoms with Crippen LogP contribution in [0.3, 0.4) is 0 Å². The lowest BCUT2D eigenvalue weighted by Crippen LogP contribution is -2.46. The number of nitriles is 1. The molecule has 1 saturated heterocycles. The number of hydrogen-bond acceptors (Lipinski definition) is 4. The Labute approximate surface area is 149 Å². The molecule has 0 aromatic heterocycles. The van der Waals surface area contributed by atoms with E-state index in [0.717, 1.165) is 30.1 Å². The second-order valence-corrected chi connectivity index (χ2v) is 8.39. The maximum Gasteiger partial charge on any atom is 0.318 e. The molecule has 1 aliphatic heterocycles. The molecule has 0 unspecified atom stereocenters. The molecule has 2 amide bonds. The zero-order chi connectivity index (χ0) is 18.4. The molecule has 0 radical (unpaired) electrons. The molecule has 0 saturated carbocycles. The minimum Gasteiger partial charge on any atom is -0.334 e. The lowest BCUT2D eigenvalue weighted by molar-refractivity contribution is 0.132. The van der Waals surface area contributed by atoms with E-state index < -0.39 is 9.84 Å². The summed E-state index contributed by atoms with van der Waals surface area (Å²) >= 11 is 0. The van der Waals surface area contributed by atoms with Crippen LogP contribution in [0.25, 0.3) is 0 Å². The molecule has 0 aliphatic carbocycles. The predicted octanol–water partition coefficient (Wildman–Crippen LogP) is 2.60. The maximum absolute atomic E-state index is 12.5. The first-order valence-electron chi connectivity index (χ1n) is 8.21. The largest absolute Gasteiger partial charge is 0.334 e. The summed E-state index contributed by atoms with van der Waals surface area (Å²) in [6.07, 6.45) is 4.33. The van der Waals surface area contributed by atoms with Gasteiger partial charge in [0.2, 0.25) is 0 Å². The molecule has 1 fully saturated rings. The first kappa shape index (κ1) is 19.0. The summed E-state index contributed by atoms with van der Waals surface area (Å²) in [5, 5.41) is 12.8. The standard InChI is InChI=1S/C18H23N3O3S/c1-14-8-10-21(18(22)20-9-3-11-25(2,23)24)17(12-14)16-6-4-15(13-19)5-7-16/h3-7,11,14,17H,8-10,12H2,1-2H3,(H,20,22)/b11-3+/t14-,17+/m1/s1. The van der Waals surface area contributed by atoms with Crippen LogP contribution in [0.1, 0.15) is 36.9 Å². The quantitative estimate of drug-likeness (QED) is 0.892. The number of nitrogens with zero attached hydrogens (tertiary/aromatic N) is 2. The molecule has 7 heteroatoms. The third kappa shape index (κ3) is 5.61. The third-order valence-electron chi connectivity index (χ3n) is 4.26. The van der Waals surface area contributed by atoms with Crippen LogP contribution in [0, 0.1) is 17.2 Å².